The first-order valence-electron chi connectivity index (χ1n) is 10.4. The summed E-state index contributed by atoms with van der Waals surface area (Å²) in [7, 11) is 1.37. The van der Waals surface area contributed by atoms with Crippen LogP contribution in [0.4, 0.5) is 0 Å². The first kappa shape index (κ1) is 20.4. The minimum absolute atomic E-state index is 0.0585. The van der Waals surface area contributed by atoms with Crippen LogP contribution in [0.3, 0.4) is 0 Å². The molecular weight excluding hydrogens is 384 g/mol. The second-order valence-corrected chi connectivity index (χ2v) is 9.11. The molecule has 0 radical (unpaired) electrons. The number of nitrogens with zero attached hydrogens (tertiary/aromatic N) is 2. The summed E-state index contributed by atoms with van der Waals surface area (Å²) in [5, 5.41) is 0. The molecule has 0 N–H and O–H groups in total. The van der Waals surface area contributed by atoms with Gasteiger partial charge in [0.1, 0.15) is 11.5 Å². The molecule has 7 nitrogen and oxygen atoms in total. The first-order valence-corrected chi connectivity index (χ1v) is 10.4. The predicted molar refractivity (Wildman–Crippen MR) is 110 cm³/mol. The van der Waals surface area contributed by atoms with Gasteiger partial charge in [-0.15, -0.1) is 0 Å². The molecule has 0 bridgehead atoms. The van der Waals surface area contributed by atoms with Crippen molar-refractivity contribution >= 4 is 17.7 Å². The van der Waals surface area contributed by atoms with Crippen molar-refractivity contribution in [2.24, 2.45) is 5.41 Å². The Hall–Kier alpha value is -2.83. The van der Waals surface area contributed by atoms with Crippen molar-refractivity contribution < 1.29 is 23.5 Å². The molecular formula is C23H28N2O5. The van der Waals surface area contributed by atoms with Crippen LogP contribution in [0.25, 0.3) is 0 Å². The smallest absolute Gasteiger partial charge is 0.354 e. The maximum Gasteiger partial charge on any atom is 0.354 e. The van der Waals surface area contributed by atoms with Gasteiger partial charge in [-0.25, -0.2) is 4.79 Å². The van der Waals surface area contributed by atoms with Crippen LogP contribution in [0.5, 0.6) is 0 Å². The molecule has 2 aromatic heterocycles. The number of rotatable bonds is 3. The quantitative estimate of drug-likeness (QED) is 0.716. The number of carbonyl (C=O) groups excluding carboxylic acids is 3. The molecule has 1 amide bonds. The van der Waals surface area contributed by atoms with Gasteiger partial charge in [0.25, 0.3) is 5.91 Å². The van der Waals surface area contributed by atoms with Crippen molar-refractivity contribution in [1.82, 2.24) is 9.47 Å². The highest BCUT2D eigenvalue weighted by Gasteiger charge is 2.38. The molecule has 1 aliphatic heterocycles. The molecule has 1 saturated heterocycles. The normalized spacial score (nSPS) is 18.9. The Bertz CT molecular complexity index is 1000. The maximum atomic E-state index is 13.2. The topological polar surface area (TPSA) is 81.8 Å². The molecule has 2 aromatic rings. The lowest BCUT2D eigenvalue weighted by molar-refractivity contribution is 0.0569. The fourth-order valence-corrected chi connectivity index (χ4v) is 4.77. The van der Waals surface area contributed by atoms with Crippen LogP contribution >= 0.6 is 0 Å². The molecule has 7 heteroatoms. The molecule has 160 valence electrons. The Morgan fingerprint density at radius 1 is 1.20 bits per heavy atom. The van der Waals surface area contributed by atoms with Crippen LogP contribution in [0.2, 0.25) is 0 Å². The number of hydrogen-bond acceptors (Lipinski definition) is 5. The third-order valence-corrected chi connectivity index (χ3v) is 6.29. The Morgan fingerprint density at radius 2 is 1.90 bits per heavy atom. The van der Waals surface area contributed by atoms with E-state index < -0.39 is 0 Å². The lowest BCUT2D eigenvalue weighted by Crippen LogP contribution is -2.39. The van der Waals surface area contributed by atoms with Gasteiger partial charge in [-0.3, -0.25) is 9.59 Å². The summed E-state index contributed by atoms with van der Waals surface area (Å²) in [6, 6.07) is 3.71. The van der Waals surface area contributed by atoms with Crippen LogP contribution in [0.1, 0.15) is 81.9 Å². The van der Waals surface area contributed by atoms with Crippen LogP contribution < -0.4 is 0 Å². The Morgan fingerprint density at radius 3 is 2.57 bits per heavy atom. The van der Waals surface area contributed by atoms with Gasteiger partial charge in [0.05, 0.1) is 12.7 Å². The van der Waals surface area contributed by atoms with Crippen molar-refractivity contribution in [2.75, 3.05) is 20.2 Å². The van der Waals surface area contributed by atoms with Crippen LogP contribution in [-0.4, -0.2) is 47.3 Å². The van der Waals surface area contributed by atoms with E-state index in [1.807, 2.05) is 30.7 Å². The molecule has 0 unspecified atom stereocenters. The molecule has 0 aromatic carbocycles. The number of likely N-dealkylation sites (tertiary alicyclic amines) is 1. The first-order chi connectivity index (χ1) is 14.2. The van der Waals surface area contributed by atoms with Gasteiger partial charge in [-0.05, 0) is 37.3 Å². The fourth-order valence-electron chi connectivity index (χ4n) is 4.77. The van der Waals surface area contributed by atoms with Gasteiger partial charge in [-0.1, -0.05) is 13.8 Å². The lowest BCUT2D eigenvalue weighted by Gasteiger charge is -2.33. The van der Waals surface area contributed by atoms with Crippen molar-refractivity contribution in [3.8, 4) is 0 Å². The second-order valence-electron chi connectivity index (χ2n) is 9.11. The maximum absolute atomic E-state index is 13.2. The Balaban J connectivity index is 1.49. The summed E-state index contributed by atoms with van der Waals surface area (Å²) in [5.74, 6) is 0.473. The number of hydrogen-bond donors (Lipinski definition) is 0. The van der Waals surface area contributed by atoms with E-state index in [4.69, 9.17) is 9.15 Å². The highest BCUT2D eigenvalue weighted by atomic mass is 16.5. The van der Waals surface area contributed by atoms with E-state index in [1.165, 1.54) is 7.11 Å². The van der Waals surface area contributed by atoms with Crippen molar-refractivity contribution in [2.45, 2.75) is 52.5 Å². The van der Waals surface area contributed by atoms with E-state index >= 15 is 0 Å². The summed E-state index contributed by atoms with van der Waals surface area (Å²) in [4.78, 5) is 39.5. The zero-order valence-corrected chi connectivity index (χ0v) is 18.0. The molecule has 2 aliphatic rings. The average Bonchev–Trinajstić information content (AvgIpc) is 3.31. The zero-order valence-electron chi connectivity index (χ0n) is 18.0. The van der Waals surface area contributed by atoms with Crippen molar-refractivity contribution in [3.63, 3.8) is 0 Å². The van der Waals surface area contributed by atoms with Crippen LogP contribution in [0, 0.1) is 12.3 Å². The standard InChI is InChI=1S/C23H28N2O5/c1-14-19-17(26)12-23(2,3)13-18(19)30-20(14)21(27)24-10-7-15(8-11-24)25-9-5-6-16(25)22(28)29-4/h5-6,9,15H,7-8,10-13H2,1-4H3. The molecule has 0 atom stereocenters. The minimum atomic E-state index is -0.358. The summed E-state index contributed by atoms with van der Waals surface area (Å²) in [5.41, 5.74) is 1.64. The fraction of sp³-hybridized carbons (Fsp3) is 0.522. The Labute approximate surface area is 176 Å². The third kappa shape index (κ3) is 3.46. The predicted octanol–water partition coefficient (Wildman–Crippen LogP) is 3.81. The number of amides is 1. The summed E-state index contributed by atoms with van der Waals surface area (Å²) < 4.78 is 12.7. The number of ether oxygens (including phenoxy) is 1. The molecule has 3 heterocycles. The largest absolute Gasteiger partial charge is 0.464 e. The van der Waals surface area contributed by atoms with Crippen molar-refractivity contribution in [1.29, 1.82) is 0 Å². The number of piperidine rings is 1. The van der Waals surface area contributed by atoms with E-state index in [1.54, 1.807) is 17.9 Å². The third-order valence-electron chi connectivity index (χ3n) is 6.29. The van der Waals surface area contributed by atoms with E-state index in [9.17, 15) is 14.4 Å². The number of carbonyl (C=O) groups is 3. The molecule has 30 heavy (non-hydrogen) atoms. The number of fused-ring (bicyclic) bond motifs is 1. The van der Waals surface area contributed by atoms with E-state index in [-0.39, 0.29) is 29.1 Å². The molecule has 1 aliphatic carbocycles. The Kier molecular flexibility index (Phi) is 5.08. The number of Topliss-reactive ketones (excluding diaryl/α,β-unsaturated/α-hetero) is 1. The van der Waals surface area contributed by atoms with Gasteiger partial charge >= 0.3 is 5.97 Å². The van der Waals surface area contributed by atoms with Crippen molar-refractivity contribution in [3.05, 3.63) is 46.7 Å². The van der Waals surface area contributed by atoms with Crippen LogP contribution in [-0.2, 0) is 11.2 Å². The highest BCUT2D eigenvalue weighted by molar-refractivity contribution is 6.03. The summed E-state index contributed by atoms with van der Waals surface area (Å²) >= 11 is 0. The number of aromatic nitrogens is 1. The van der Waals surface area contributed by atoms with Gasteiger partial charge in [0, 0.05) is 43.7 Å². The number of ketones is 1. The van der Waals surface area contributed by atoms with Gasteiger partial charge in [0.15, 0.2) is 11.5 Å². The van der Waals surface area contributed by atoms with E-state index in [0.29, 0.717) is 54.3 Å². The van der Waals surface area contributed by atoms with Crippen LogP contribution in [0.15, 0.2) is 22.7 Å². The number of esters is 1. The monoisotopic (exact) mass is 412 g/mol. The van der Waals surface area contributed by atoms with Gasteiger partial charge in [-0.2, -0.15) is 0 Å². The summed E-state index contributed by atoms with van der Waals surface area (Å²) in [6.07, 6.45) is 4.48. The molecule has 1 fully saturated rings. The average molecular weight is 412 g/mol. The summed E-state index contributed by atoms with van der Waals surface area (Å²) in [6.45, 7) is 7.02. The second kappa shape index (κ2) is 7.45. The zero-order chi connectivity index (χ0) is 21.6. The lowest BCUT2D eigenvalue weighted by atomic mass is 9.76. The van der Waals surface area contributed by atoms with Gasteiger partial charge in [0.2, 0.25) is 0 Å². The van der Waals surface area contributed by atoms with E-state index in [2.05, 4.69) is 0 Å². The molecule has 0 saturated carbocycles. The number of methoxy groups -OCH3 is 1. The van der Waals surface area contributed by atoms with E-state index in [0.717, 1.165) is 12.8 Å². The highest BCUT2D eigenvalue weighted by Crippen LogP contribution is 2.39. The minimum Gasteiger partial charge on any atom is -0.464 e. The SMILES string of the molecule is COC(=O)c1cccn1C1CCN(C(=O)c2oc3c(c2C)C(=O)CC(C)(C)C3)CC1. The molecule has 4 rings (SSSR count). The van der Waals surface area contributed by atoms with Gasteiger partial charge < -0.3 is 18.6 Å². The number of furan rings is 1. The molecule has 0 spiro atoms.